The number of nitrogens with zero attached hydrogens (tertiary/aromatic N) is 3. The van der Waals surface area contributed by atoms with Crippen LogP contribution in [-0.2, 0) is 0 Å². The second-order valence-electron chi connectivity index (χ2n) is 5.48. The third kappa shape index (κ3) is 3.77. The first-order chi connectivity index (χ1) is 7.54. The van der Waals surface area contributed by atoms with Crippen LogP contribution in [0.3, 0.4) is 0 Å². The average molecular weight is 223 g/mol. The fourth-order valence-electron chi connectivity index (χ4n) is 2.39. The highest BCUT2D eigenvalue weighted by Gasteiger charge is 2.26. The van der Waals surface area contributed by atoms with E-state index in [2.05, 4.69) is 43.7 Å². The van der Waals surface area contributed by atoms with Crippen LogP contribution in [0, 0.1) is 17.2 Å². The van der Waals surface area contributed by atoms with Gasteiger partial charge in [0.25, 0.3) is 0 Å². The molecule has 0 amide bonds. The monoisotopic (exact) mass is 223 g/mol. The zero-order valence-corrected chi connectivity index (χ0v) is 11.1. The molecule has 0 radical (unpaired) electrons. The predicted molar refractivity (Wildman–Crippen MR) is 67.1 cm³/mol. The molecule has 0 bridgehead atoms. The van der Waals surface area contributed by atoms with Gasteiger partial charge in [-0.15, -0.1) is 0 Å². The van der Waals surface area contributed by atoms with Gasteiger partial charge in [0.15, 0.2) is 0 Å². The molecule has 92 valence electrons. The summed E-state index contributed by atoms with van der Waals surface area (Å²) in [4.78, 5) is 4.90. The number of hydrogen-bond acceptors (Lipinski definition) is 3. The van der Waals surface area contributed by atoms with E-state index in [1.807, 2.05) is 0 Å². The molecule has 2 unspecified atom stereocenters. The molecule has 3 nitrogen and oxygen atoms in total. The molecular formula is C13H25N3. The van der Waals surface area contributed by atoms with Crippen LogP contribution in [0.5, 0.6) is 0 Å². The van der Waals surface area contributed by atoms with E-state index in [1.54, 1.807) is 0 Å². The van der Waals surface area contributed by atoms with Crippen molar-refractivity contribution in [3.05, 3.63) is 0 Å². The predicted octanol–water partition coefficient (Wildman–Crippen LogP) is 1.95. The molecule has 1 aliphatic heterocycles. The third-order valence-corrected chi connectivity index (χ3v) is 3.53. The number of rotatable bonds is 3. The van der Waals surface area contributed by atoms with Gasteiger partial charge in [-0.1, -0.05) is 13.8 Å². The lowest BCUT2D eigenvalue weighted by molar-refractivity contribution is 0.169. The van der Waals surface area contributed by atoms with Crippen LogP contribution in [-0.4, -0.2) is 48.6 Å². The average Bonchev–Trinajstić information content (AvgIpc) is 2.32. The molecular weight excluding hydrogens is 198 g/mol. The third-order valence-electron chi connectivity index (χ3n) is 3.53. The molecule has 1 saturated heterocycles. The lowest BCUT2D eigenvalue weighted by atomic mass is 10.1. The van der Waals surface area contributed by atoms with Crippen LogP contribution >= 0.6 is 0 Å². The summed E-state index contributed by atoms with van der Waals surface area (Å²) in [6, 6.07) is 3.39. The second-order valence-corrected chi connectivity index (χ2v) is 5.48. The highest BCUT2D eigenvalue weighted by atomic mass is 15.2. The maximum atomic E-state index is 8.92. The van der Waals surface area contributed by atoms with E-state index in [0.29, 0.717) is 24.4 Å². The summed E-state index contributed by atoms with van der Waals surface area (Å²) in [5.74, 6) is 0.680. The smallest absolute Gasteiger partial charge is 0.0638 e. The van der Waals surface area contributed by atoms with Crippen molar-refractivity contribution < 1.29 is 0 Å². The first-order valence-corrected chi connectivity index (χ1v) is 6.35. The largest absolute Gasteiger partial charge is 0.302 e. The zero-order chi connectivity index (χ0) is 12.1. The summed E-state index contributed by atoms with van der Waals surface area (Å²) in [6.45, 7) is 10.1. The molecule has 1 heterocycles. The summed E-state index contributed by atoms with van der Waals surface area (Å²) < 4.78 is 0. The maximum Gasteiger partial charge on any atom is 0.0638 e. The molecule has 3 heteroatoms. The van der Waals surface area contributed by atoms with Crippen molar-refractivity contribution in [1.29, 1.82) is 5.26 Å². The molecule has 2 atom stereocenters. The van der Waals surface area contributed by atoms with Crippen molar-refractivity contribution in [1.82, 2.24) is 9.80 Å². The number of hydrogen-bond donors (Lipinski definition) is 0. The van der Waals surface area contributed by atoms with E-state index in [4.69, 9.17) is 5.26 Å². The van der Waals surface area contributed by atoms with E-state index in [1.165, 1.54) is 6.42 Å². The molecule has 0 N–H and O–H groups in total. The Balaban J connectivity index is 2.67. The van der Waals surface area contributed by atoms with Crippen LogP contribution in [0.15, 0.2) is 0 Å². The summed E-state index contributed by atoms with van der Waals surface area (Å²) in [6.07, 6.45) is 1.87. The molecule has 16 heavy (non-hydrogen) atoms. The number of nitriles is 1. The lowest BCUT2D eigenvalue weighted by Gasteiger charge is -2.30. The van der Waals surface area contributed by atoms with E-state index in [-0.39, 0.29) is 0 Å². The Hall–Kier alpha value is -0.590. The van der Waals surface area contributed by atoms with Crippen LogP contribution in [0.4, 0.5) is 0 Å². The van der Waals surface area contributed by atoms with Crippen LogP contribution in [0.2, 0.25) is 0 Å². The van der Waals surface area contributed by atoms with Crippen LogP contribution in [0.1, 0.15) is 33.6 Å². The van der Waals surface area contributed by atoms with E-state index in [0.717, 1.165) is 19.6 Å². The molecule has 0 aliphatic carbocycles. The Labute approximate surface area is 100 Å². The Kier molecular flexibility index (Phi) is 5.24. The van der Waals surface area contributed by atoms with E-state index in [9.17, 15) is 0 Å². The van der Waals surface area contributed by atoms with E-state index >= 15 is 0 Å². The summed E-state index contributed by atoms with van der Waals surface area (Å²) in [7, 11) is 2.17. The second kappa shape index (κ2) is 6.22. The number of likely N-dealkylation sites (N-methyl/N-ethyl adjacent to an activating group) is 1. The van der Waals surface area contributed by atoms with Gasteiger partial charge in [0.05, 0.1) is 12.5 Å². The quantitative estimate of drug-likeness (QED) is 0.732. The van der Waals surface area contributed by atoms with Gasteiger partial charge in [-0.25, -0.2) is 0 Å². The highest BCUT2D eigenvalue weighted by molar-refractivity contribution is 4.88. The normalized spacial score (nSPS) is 29.0. The lowest BCUT2D eigenvalue weighted by Crippen LogP contribution is -2.42. The fourth-order valence-corrected chi connectivity index (χ4v) is 2.39. The van der Waals surface area contributed by atoms with Gasteiger partial charge in [-0.05, 0) is 26.3 Å². The zero-order valence-electron chi connectivity index (χ0n) is 11.1. The molecule has 0 aromatic carbocycles. The van der Waals surface area contributed by atoms with Gasteiger partial charge in [0.2, 0.25) is 0 Å². The Bertz CT molecular complexity index is 244. The Morgan fingerprint density at radius 1 is 1.44 bits per heavy atom. The Morgan fingerprint density at radius 2 is 2.12 bits per heavy atom. The van der Waals surface area contributed by atoms with Crippen molar-refractivity contribution in [2.45, 2.75) is 45.7 Å². The molecule has 0 aromatic rings. The first-order valence-electron chi connectivity index (χ1n) is 6.35. The first kappa shape index (κ1) is 13.5. The molecule has 1 aliphatic rings. The SMILES string of the molecule is CC(C)CN1CCC(C)N(C)CC1CC#N. The minimum atomic E-state index is 0.419. The summed E-state index contributed by atoms with van der Waals surface area (Å²) in [5.41, 5.74) is 0. The van der Waals surface area contributed by atoms with E-state index < -0.39 is 0 Å². The molecule has 0 spiro atoms. The molecule has 1 rings (SSSR count). The van der Waals surface area contributed by atoms with Gasteiger partial charge >= 0.3 is 0 Å². The molecule has 0 saturated carbocycles. The maximum absolute atomic E-state index is 8.92. The van der Waals surface area contributed by atoms with Crippen LogP contribution in [0.25, 0.3) is 0 Å². The van der Waals surface area contributed by atoms with Crippen molar-refractivity contribution in [2.75, 3.05) is 26.7 Å². The minimum Gasteiger partial charge on any atom is -0.302 e. The standard InChI is InChI=1S/C13H25N3/c1-11(2)9-16-8-6-12(3)15(4)10-13(16)5-7-14/h11-13H,5-6,8-10H2,1-4H3. The van der Waals surface area contributed by atoms with Gasteiger partial charge in [-0.3, -0.25) is 4.90 Å². The topological polar surface area (TPSA) is 30.3 Å². The minimum absolute atomic E-state index is 0.419. The highest BCUT2D eigenvalue weighted by Crippen LogP contribution is 2.17. The van der Waals surface area contributed by atoms with Gasteiger partial charge in [0.1, 0.15) is 0 Å². The fraction of sp³-hybridized carbons (Fsp3) is 0.923. The van der Waals surface area contributed by atoms with Crippen LogP contribution < -0.4 is 0 Å². The summed E-state index contributed by atoms with van der Waals surface area (Å²) in [5, 5.41) is 8.92. The van der Waals surface area contributed by atoms with Crippen molar-refractivity contribution in [2.24, 2.45) is 5.92 Å². The van der Waals surface area contributed by atoms with Gasteiger partial charge < -0.3 is 4.90 Å². The Morgan fingerprint density at radius 3 is 2.69 bits per heavy atom. The van der Waals surface area contributed by atoms with Crippen molar-refractivity contribution >= 4 is 0 Å². The van der Waals surface area contributed by atoms with Gasteiger partial charge in [-0.2, -0.15) is 5.26 Å². The van der Waals surface area contributed by atoms with Gasteiger partial charge in [0, 0.05) is 31.7 Å². The summed E-state index contributed by atoms with van der Waals surface area (Å²) >= 11 is 0. The molecule has 1 fully saturated rings. The molecule has 0 aromatic heterocycles. The van der Waals surface area contributed by atoms with Crippen molar-refractivity contribution in [3.63, 3.8) is 0 Å². The van der Waals surface area contributed by atoms with Crippen molar-refractivity contribution in [3.8, 4) is 6.07 Å².